The molecule has 0 saturated heterocycles. The minimum absolute atomic E-state index is 0.117. The molecule has 1 aliphatic carbocycles. The van der Waals surface area contributed by atoms with E-state index in [-0.39, 0.29) is 18.5 Å². The van der Waals surface area contributed by atoms with Crippen molar-refractivity contribution in [1.82, 2.24) is 10.2 Å². The standard InChI is InChI=1S/C22H24N2O5/c1-24(14-19(25)23-18-12-13-18)20(26)15-29-21(27)22(28,16-8-4-2-5-9-16)17-10-6-3-7-11-17/h2-11,18,28H,12-15H2,1H3,(H,23,25). The second kappa shape index (κ2) is 8.87. The normalized spacial score (nSPS) is 13.4. The molecule has 1 aliphatic rings. The van der Waals surface area contributed by atoms with Crippen molar-refractivity contribution in [2.24, 2.45) is 0 Å². The third kappa shape index (κ3) is 5.00. The summed E-state index contributed by atoms with van der Waals surface area (Å²) in [7, 11) is 1.46. The van der Waals surface area contributed by atoms with Gasteiger partial charge in [0.1, 0.15) is 0 Å². The maximum atomic E-state index is 12.8. The first kappa shape index (κ1) is 20.5. The van der Waals surface area contributed by atoms with Gasteiger partial charge in [-0.05, 0) is 24.0 Å². The molecule has 0 unspecified atom stereocenters. The van der Waals surface area contributed by atoms with Crippen LogP contribution in [0.1, 0.15) is 24.0 Å². The van der Waals surface area contributed by atoms with Gasteiger partial charge >= 0.3 is 5.97 Å². The average Bonchev–Trinajstić information content (AvgIpc) is 3.56. The Morgan fingerprint density at radius 1 is 1.03 bits per heavy atom. The lowest BCUT2D eigenvalue weighted by molar-refractivity contribution is -0.166. The van der Waals surface area contributed by atoms with E-state index in [2.05, 4.69) is 5.32 Å². The fourth-order valence-corrected chi connectivity index (χ4v) is 2.91. The third-order valence-corrected chi connectivity index (χ3v) is 4.75. The number of esters is 1. The second-order valence-corrected chi connectivity index (χ2v) is 7.11. The predicted molar refractivity (Wildman–Crippen MR) is 106 cm³/mol. The molecule has 0 radical (unpaired) electrons. The molecule has 0 aromatic heterocycles. The van der Waals surface area contributed by atoms with Crippen molar-refractivity contribution in [3.63, 3.8) is 0 Å². The number of hydrogen-bond acceptors (Lipinski definition) is 5. The molecular formula is C22H24N2O5. The van der Waals surface area contributed by atoms with E-state index in [9.17, 15) is 19.5 Å². The first-order chi connectivity index (χ1) is 13.9. The number of carbonyl (C=O) groups is 3. The molecule has 0 aliphatic heterocycles. The summed E-state index contributed by atoms with van der Waals surface area (Å²) in [6.07, 6.45) is 1.91. The van der Waals surface area contributed by atoms with E-state index in [1.54, 1.807) is 60.7 Å². The van der Waals surface area contributed by atoms with Gasteiger partial charge < -0.3 is 20.1 Å². The highest BCUT2D eigenvalue weighted by Crippen LogP contribution is 2.31. The van der Waals surface area contributed by atoms with E-state index in [4.69, 9.17) is 4.74 Å². The van der Waals surface area contributed by atoms with Crippen LogP contribution < -0.4 is 5.32 Å². The summed E-state index contributed by atoms with van der Waals surface area (Å²) in [5, 5.41) is 14.1. The maximum absolute atomic E-state index is 12.8. The number of benzene rings is 2. The largest absolute Gasteiger partial charge is 0.453 e. The molecule has 0 atom stereocenters. The molecule has 2 N–H and O–H groups in total. The van der Waals surface area contributed by atoms with Crippen molar-refractivity contribution in [3.8, 4) is 0 Å². The van der Waals surface area contributed by atoms with Crippen LogP contribution >= 0.6 is 0 Å². The van der Waals surface area contributed by atoms with Crippen LogP contribution in [0.4, 0.5) is 0 Å². The van der Waals surface area contributed by atoms with Gasteiger partial charge in [-0.15, -0.1) is 0 Å². The van der Waals surface area contributed by atoms with Gasteiger partial charge in [0.25, 0.3) is 5.91 Å². The third-order valence-electron chi connectivity index (χ3n) is 4.75. The number of nitrogens with zero attached hydrogens (tertiary/aromatic N) is 1. The summed E-state index contributed by atoms with van der Waals surface area (Å²) in [6, 6.07) is 17.0. The van der Waals surface area contributed by atoms with Crippen molar-refractivity contribution >= 4 is 17.8 Å². The Bertz CT molecular complexity index is 826. The summed E-state index contributed by atoms with van der Waals surface area (Å²) >= 11 is 0. The Hall–Kier alpha value is -3.19. The molecule has 3 rings (SSSR count). The van der Waals surface area contributed by atoms with Gasteiger partial charge in [0, 0.05) is 13.1 Å². The number of rotatable bonds is 8. The summed E-state index contributed by atoms with van der Waals surface area (Å²) in [4.78, 5) is 38.1. The van der Waals surface area contributed by atoms with Gasteiger partial charge in [-0.2, -0.15) is 0 Å². The number of hydrogen-bond donors (Lipinski definition) is 2. The molecule has 7 heteroatoms. The van der Waals surface area contributed by atoms with Crippen LogP contribution in [0.25, 0.3) is 0 Å². The number of carbonyl (C=O) groups excluding carboxylic acids is 3. The number of ether oxygens (including phenoxy) is 1. The lowest BCUT2D eigenvalue weighted by Crippen LogP contribution is -2.43. The molecule has 29 heavy (non-hydrogen) atoms. The number of aliphatic hydroxyl groups is 1. The lowest BCUT2D eigenvalue weighted by Gasteiger charge is -2.27. The van der Waals surface area contributed by atoms with E-state index >= 15 is 0 Å². The van der Waals surface area contributed by atoms with E-state index in [0.29, 0.717) is 11.1 Å². The highest BCUT2D eigenvalue weighted by molar-refractivity contribution is 5.89. The predicted octanol–water partition coefficient (Wildman–Crippen LogP) is 1.20. The average molecular weight is 396 g/mol. The van der Waals surface area contributed by atoms with Crippen molar-refractivity contribution in [1.29, 1.82) is 0 Å². The minimum atomic E-state index is -2.05. The number of likely N-dealkylation sites (N-methyl/N-ethyl adjacent to an activating group) is 1. The fraction of sp³-hybridized carbons (Fsp3) is 0.318. The SMILES string of the molecule is CN(CC(=O)NC1CC1)C(=O)COC(=O)C(O)(c1ccccc1)c1ccccc1. The Morgan fingerprint density at radius 3 is 2.03 bits per heavy atom. The summed E-state index contributed by atoms with van der Waals surface area (Å²) in [5.41, 5.74) is -1.38. The van der Waals surface area contributed by atoms with Crippen molar-refractivity contribution < 1.29 is 24.2 Å². The van der Waals surface area contributed by atoms with E-state index in [1.807, 2.05) is 0 Å². The fourth-order valence-electron chi connectivity index (χ4n) is 2.91. The zero-order chi connectivity index (χ0) is 20.9. The molecular weight excluding hydrogens is 372 g/mol. The molecule has 152 valence electrons. The van der Waals surface area contributed by atoms with Crippen molar-refractivity contribution in [2.75, 3.05) is 20.2 Å². The Morgan fingerprint density at radius 2 is 1.55 bits per heavy atom. The molecule has 1 fully saturated rings. The topological polar surface area (TPSA) is 95.9 Å². The lowest BCUT2D eigenvalue weighted by atomic mass is 9.86. The van der Waals surface area contributed by atoms with Gasteiger partial charge in [0.05, 0.1) is 6.54 Å². The quantitative estimate of drug-likeness (QED) is 0.654. The van der Waals surface area contributed by atoms with Crippen LogP contribution in [0.5, 0.6) is 0 Å². The molecule has 2 amide bonds. The number of amides is 2. The van der Waals surface area contributed by atoms with Crippen LogP contribution in [-0.4, -0.2) is 54.0 Å². The zero-order valence-corrected chi connectivity index (χ0v) is 16.2. The Labute approximate surface area is 169 Å². The molecule has 1 saturated carbocycles. The van der Waals surface area contributed by atoms with Gasteiger partial charge in [0.15, 0.2) is 6.61 Å². The van der Waals surface area contributed by atoms with Gasteiger partial charge in [-0.1, -0.05) is 60.7 Å². The second-order valence-electron chi connectivity index (χ2n) is 7.11. The maximum Gasteiger partial charge on any atom is 0.348 e. The summed E-state index contributed by atoms with van der Waals surface area (Å²) in [5.74, 6) is -1.74. The van der Waals surface area contributed by atoms with Crippen molar-refractivity contribution in [3.05, 3.63) is 71.8 Å². The summed E-state index contributed by atoms with van der Waals surface area (Å²) in [6.45, 7) is -0.692. The molecule has 0 heterocycles. The van der Waals surface area contributed by atoms with Crippen molar-refractivity contribution in [2.45, 2.75) is 24.5 Å². The Kier molecular flexibility index (Phi) is 6.29. The van der Waals surface area contributed by atoms with Crippen LogP contribution in [0, 0.1) is 0 Å². The highest BCUT2D eigenvalue weighted by atomic mass is 16.6. The van der Waals surface area contributed by atoms with Gasteiger partial charge in [-0.3, -0.25) is 9.59 Å². The number of nitrogens with one attached hydrogen (secondary N) is 1. The molecule has 0 bridgehead atoms. The first-order valence-electron chi connectivity index (χ1n) is 9.45. The van der Waals surface area contributed by atoms with Crippen LogP contribution in [-0.2, 0) is 24.7 Å². The zero-order valence-electron chi connectivity index (χ0n) is 16.2. The van der Waals surface area contributed by atoms with Crippen LogP contribution in [0.2, 0.25) is 0 Å². The Balaban J connectivity index is 1.67. The monoisotopic (exact) mass is 396 g/mol. The molecule has 2 aromatic rings. The van der Waals surface area contributed by atoms with Gasteiger partial charge in [-0.25, -0.2) is 4.79 Å². The molecule has 7 nitrogen and oxygen atoms in total. The van der Waals surface area contributed by atoms with Crippen LogP contribution in [0.3, 0.4) is 0 Å². The van der Waals surface area contributed by atoms with Gasteiger partial charge in [0.2, 0.25) is 11.5 Å². The molecule has 2 aromatic carbocycles. The van der Waals surface area contributed by atoms with E-state index in [0.717, 1.165) is 12.8 Å². The van der Waals surface area contributed by atoms with E-state index in [1.165, 1.54) is 11.9 Å². The molecule has 0 spiro atoms. The smallest absolute Gasteiger partial charge is 0.348 e. The van der Waals surface area contributed by atoms with Crippen LogP contribution in [0.15, 0.2) is 60.7 Å². The summed E-state index contributed by atoms with van der Waals surface area (Å²) < 4.78 is 5.16. The minimum Gasteiger partial charge on any atom is -0.453 e. The highest BCUT2D eigenvalue weighted by Gasteiger charge is 2.42. The first-order valence-corrected chi connectivity index (χ1v) is 9.45. The van der Waals surface area contributed by atoms with E-state index < -0.39 is 24.1 Å².